The smallest absolute Gasteiger partial charge is 0.319 e. The normalized spacial score (nSPS) is 11.5. The van der Waals surface area contributed by atoms with Crippen LogP contribution < -0.4 is 10.9 Å². The topological polar surface area (TPSA) is 94.9 Å². The van der Waals surface area contributed by atoms with Crippen LogP contribution in [0.25, 0.3) is 22.1 Å². The number of hydrogen-bond donors (Lipinski definition) is 1. The second-order valence-corrected chi connectivity index (χ2v) is 6.08. The van der Waals surface area contributed by atoms with E-state index >= 15 is 0 Å². The number of carbonyl (C=O) groups excluding carboxylic acids is 1. The SMILES string of the molecule is O=C(Cn1cnc2c(oc3ccccc32)c1=O)NCCc1nccn1C(F)F. The van der Waals surface area contributed by atoms with Gasteiger partial charge in [-0.05, 0) is 12.1 Å². The van der Waals surface area contributed by atoms with Crippen molar-refractivity contribution in [1.29, 1.82) is 0 Å². The first-order valence-electron chi connectivity index (χ1n) is 8.48. The van der Waals surface area contributed by atoms with Gasteiger partial charge in [-0.1, -0.05) is 12.1 Å². The van der Waals surface area contributed by atoms with Crippen molar-refractivity contribution >= 4 is 28.0 Å². The average molecular weight is 387 g/mol. The Labute approximate surface area is 156 Å². The molecule has 0 fully saturated rings. The molecule has 28 heavy (non-hydrogen) atoms. The Morgan fingerprint density at radius 3 is 2.89 bits per heavy atom. The molecule has 3 aromatic heterocycles. The van der Waals surface area contributed by atoms with E-state index in [2.05, 4.69) is 15.3 Å². The van der Waals surface area contributed by atoms with Gasteiger partial charge in [-0.25, -0.2) is 9.97 Å². The van der Waals surface area contributed by atoms with Crippen LogP contribution in [0.5, 0.6) is 0 Å². The van der Waals surface area contributed by atoms with Gasteiger partial charge in [0.1, 0.15) is 23.5 Å². The number of carbonyl (C=O) groups is 1. The molecule has 8 nitrogen and oxygen atoms in total. The van der Waals surface area contributed by atoms with Crippen LogP contribution >= 0.6 is 0 Å². The second kappa shape index (κ2) is 7.22. The molecule has 1 amide bonds. The predicted molar refractivity (Wildman–Crippen MR) is 96.0 cm³/mol. The van der Waals surface area contributed by atoms with Crippen LogP contribution in [-0.2, 0) is 17.8 Å². The Balaban J connectivity index is 1.45. The van der Waals surface area contributed by atoms with Crippen LogP contribution in [0.4, 0.5) is 8.78 Å². The first-order valence-corrected chi connectivity index (χ1v) is 8.48. The first kappa shape index (κ1) is 17.8. The second-order valence-electron chi connectivity index (χ2n) is 6.08. The monoisotopic (exact) mass is 387 g/mol. The highest BCUT2D eigenvalue weighted by Crippen LogP contribution is 2.23. The maximum Gasteiger partial charge on any atom is 0.319 e. The molecular weight excluding hydrogens is 372 g/mol. The number of nitrogens with zero attached hydrogens (tertiary/aromatic N) is 4. The van der Waals surface area contributed by atoms with E-state index in [0.717, 1.165) is 14.5 Å². The molecule has 3 heterocycles. The van der Waals surface area contributed by atoms with E-state index in [0.29, 0.717) is 11.1 Å². The minimum atomic E-state index is -2.69. The van der Waals surface area contributed by atoms with Crippen molar-refractivity contribution in [3.8, 4) is 0 Å². The molecule has 0 saturated heterocycles. The molecule has 0 saturated carbocycles. The highest BCUT2D eigenvalue weighted by Gasteiger charge is 2.15. The van der Waals surface area contributed by atoms with E-state index in [4.69, 9.17) is 4.42 Å². The third-order valence-corrected chi connectivity index (χ3v) is 4.29. The molecule has 0 aliphatic carbocycles. The van der Waals surface area contributed by atoms with Gasteiger partial charge in [0, 0.05) is 30.7 Å². The molecule has 0 aliphatic rings. The minimum absolute atomic E-state index is 0.0791. The van der Waals surface area contributed by atoms with E-state index in [1.165, 1.54) is 18.7 Å². The summed E-state index contributed by atoms with van der Waals surface area (Å²) >= 11 is 0. The number of halogens is 2. The molecule has 144 valence electrons. The molecule has 0 spiro atoms. The molecule has 10 heteroatoms. The number of para-hydroxylation sites is 1. The van der Waals surface area contributed by atoms with Gasteiger partial charge in [-0.2, -0.15) is 8.78 Å². The van der Waals surface area contributed by atoms with Gasteiger partial charge >= 0.3 is 6.55 Å². The quantitative estimate of drug-likeness (QED) is 0.547. The summed E-state index contributed by atoms with van der Waals surface area (Å²) < 4.78 is 33.0. The summed E-state index contributed by atoms with van der Waals surface area (Å²) in [6, 6.07) is 7.14. The van der Waals surface area contributed by atoms with Gasteiger partial charge in [0.25, 0.3) is 5.56 Å². The predicted octanol–water partition coefficient (Wildman–Crippen LogP) is 2.09. The van der Waals surface area contributed by atoms with Crippen molar-refractivity contribution in [2.75, 3.05) is 6.54 Å². The molecule has 0 aliphatic heterocycles. The van der Waals surface area contributed by atoms with E-state index in [9.17, 15) is 18.4 Å². The fourth-order valence-corrected chi connectivity index (χ4v) is 2.97. The zero-order valence-electron chi connectivity index (χ0n) is 14.5. The van der Waals surface area contributed by atoms with Gasteiger partial charge < -0.3 is 9.73 Å². The third-order valence-electron chi connectivity index (χ3n) is 4.29. The highest BCUT2D eigenvalue weighted by molar-refractivity contribution is 6.01. The van der Waals surface area contributed by atoms with Gasteiger partial charge in [0.05, 0.1) is 6.33 Å². The zero-order chi connectivity index (χ0) is 19.7. The molecule has 4 aromatic rings. The Kier molecular flexibility index (Phi) is 4.60. The van der Waals surface area contributed by atoms with Crippen LogP contribution in [0.1, 0.15) is 12.4 Å². The number of nitrogens with one attached hydrogen (secondary N) is 1. The first-order chi connectivity index (χ1) is 13.5. The molecular formula is C18H15F2N5O3. The molecule has 0 bridgehead atoms. The summed E-state index contributed by atoms with van der Waals surface area (Å²) in [6.45, 7) is -2.84. The lowest BCUT2D eigenvalue weighted by Gasteiger charge is -2.08. The number of hydrogen-bond acceptors (Lipinski definition) is 5. The van der Waals surface area contributed by atoms with E-state index in [1.54, 1.807) is 18.2 Å². The number of rotatable bonds is 6. The van der Waals surface area contributed by atoms with Crippen molar-refractivity contribution in [2.45, 2.75) is 19.5 Å². The van der Waals surface area contributed by atoms with Crippen LogP contribution in [0.3, 0.4) is 0 Å². The largest absolute Gasteiger partial charge is 0.448 e. The summed E-state index contributed by atoms with van der Waals surface area (Å²) in [4.78, 5) is 32.8. The Hall–Kier alpha value is -3.56. The van der Waals surface area contributed by atoms with Gasteiger partial charge in [-0.15, -0.1) is 0 Å². The lowest BCUT2D eigenvalue weighted by Crippen LogP contribution is -2.33. The number of aromatic nitrogens is 4. The van der Waals surface area contributed by atoms with Gasteiger partial charge in [-0.3, -0.25) is 18.7 Å². The average Bonchev–Trinajstić information content (AvgIpc) is 3.29. The summed E-state index contributed by atoms with van der Waals surface area (Å²) in [5.74, 6) is -0.285. The Bertz CT molecular complexity index is 1210. The van der Waals surface area contributed by atoms with Crippen molar-refractivity contribution in [3.63, 3.8) is 0 Å². The number of fused-ring (bicyclic) bond motifs is 3. The van der Waals surface area contributed by atoms with Crippen LogP contribution in [0.2, 0.25) is 0 Å². The molecule has 0 radical (unpaired) electrons. The summed E-state index contributed by atoms with van der Waals surface area (Å²) in [5, 5.41) is 3.31. The summed E-state index contributed by atoms with van der Waals surface area (Å²) in [5.41, 5.74) is 0.593. The lowest BCUT2D eigenvalue weighted by atomic mass is 10.2. The Morgan fingerprint density at radius 2 is 2.07 bits per heavy atom. The number of imidazole rings is 1. The van der Waals surface area contributed by atoms with Crippen molar-refractivity contribution in [1.82, 2.24) is 24.4 Å². The van der Waals surface area contributed by atoms with Gasteiger partial charge in [0.15, 0.2) is 0 Å². The van der Waals surface area contributed by atoms with Crippen LogP contribution in [-0.4, -0.2) is 31.6 Å². The van der Waals surface area contributed by atoms with E-state index in [1.807, 2.05) is 6.07 Å². The van der Waals surface area contributed by atoms with Crippen LogP contribution in [0.15, 0.2) is 52.2 Å². The fourth-order valence-electron chi connectivity index (χ4n) is 2.97. The number of benzene rings is 1. The molecule has 1 N–H and O–H groups in total. The van der Waals surface area contributed by atoms with E-state index < -0.39 is 18.0 Å². The maximum atomic E-state index is 12.8. The third kappa shape index (κ3) is 3.24. The standard InChI is InChI=1S/C18H15F2N5O3/c19-18(20)25-8-7-21-13(25)5-6-22-14(26)9-24-10-23-15-11-3-1-2-4-12(11)28-16(15)17(24)27/h1-4,7-8,10,18H,5-6,9H2,(H,22,26). The number of alkyl halides is 2. The molecule has 0 unspecified atom stereocenters. The Morgan fingerprint density at radius 1 is 1.25 bits per heavy atom. The number of furan rings is 1. The van der Waals surface area contributed by atoms with Crippen molar-refractivity contribution in [2.24, 2.45) is 0 Å². The molecule has 0 atom stereocenters. The van der Waals surface area contributed by atoms with E-state index in [-0.39, 0.29) is 30.9 Å². The lowest BCUT2D eigenvalue weighted by molar-refractivity contribution is -0.121. The number of amides is 1. The fraction of sp³-hybridized carbons (Fsp3) is 0.222. The highest BCUT2D eigenvalue weighted by atomic mass is 19.3. The van der Waals surface area contributed by atoms with Crippen molar-refractivity contribution < 1.29 is 18.0 Å². The molecule has 1 aromatic carbocycles. The zero-order valence-corrected chi connectivity index (χ0v) is 14.5. The summed E-state index contributed by atoms with van der Waals surface area (Å²) in [7, 11) is 0. The summed E-state index contributed by atoms with van der Waals surface area (Å²) in [6.07, 6.45) is 3.88. The molecule has 4 rings (SSSR count). The maximum absolute atomic E-state index is 12.8. The van der Waals surface area contributed by atoms with Crippen molar-refractivity contribution in [3.05, 3.63) is 59.2 Å². The van der Waals surface area contributed by atoms with Gasteiger partial charge in [0.2, 0.25) is 11.5 Å². The van der Waals surface area contributed by atoms with Crippen LogP contribution in [0, 0.1) is 0 Å². The minimum Gasteiger partial charge on any atom is -0.448 e.